The van der Waals surface area contributed by atoms with Gasteiger partial charge in [0.1, 0.15) is 9.75 Å². The predicted octanol–water partition coefficient (Wildman–Crippen LogP) is 5.23. The number of likely N-dealkylation sites (tertiary alicyclic amines) is 1. The Balaban J connectivity index is 1.33. The number of benzene rings is 3. The second kappa shape index (κ2) is 7.92. The Hall–Kier alpha value is -3.15. The summed E-state index contributed by atoms with van der Waals surface area (Å²) in [6.45, 7) is 3.94. The number of nitrogens with zero attached hydrogens (tertiary/aromatic N) is 1. The Morgan fingerprint density at radius 2 is 1.28 bits per heavy atom. The lowest BCUT2D eigenvalue weighted by molar-refractivity contribution is -0.140. The van der Waals surface area contributed by atoms with E-state index in [0.717, 1.165) is 33.4 Å². The molecule has 182 valence electrons. The van der Waals surface area contributed by atoms with Crippen molar-refractivity contribution >= 4 is 46.6 Å². The second-order valence-electron chi connectivity index (χ2n) is 9.90. The minimum absolute atomic E-state index is 0.0195. The van der Waals surface area contributed by atoms with Crippen molar-refractivity contribution in [3.05, 3.63) is 100 Å². The number of anilines is 1. The highest BCUT2D eigenvalue weighted by Crippen LogP contribution is 2.69. The third-order valence-electron chi connectivity index (χ3n) is 8.03. The number of carbonyl (C=O) groups is 3. The molecule has 0 aromatic heterocycles. The number of rotatable bonds is 4. The van der Waals surface area contributed by atoms with Gasteiger partial charge < -0.3 is 5.32 Å². The smallest absolute Gasteiger partial charge is 0.235 e. The van der Waals surface area contributed by atoms with Crippen LogP contribution in [0.5, 0.6) is 0 Å². The normalized spacial score (nSPS) is 27.5. The Bertz CT molecular complexity index is 1340. The Labute approximate surface area is 219 Å². The first-order chi connectivity index (χ1) is 17.2. The van der Waals surface area contributed by atoms with Crippen LogP contribution >= 0.6 is 23.2 Å². The van der Waals surface area contributed by atoms with Crippen molar-refractivity contribution in [2.24, 2.45) is 11.8 Å². The second-order valence-corrected chi connectivity index (χ2v) is 11.1. The number of carbonyl (C=O) groups excluding carboxylic acids is 3. The molecule has 7 heteroatoms. The minimum Gasteiger partial charge on any atom is -0.326 e. The van der Waals surface area contributed by atoms with Gasteiger partial charge >= 0.3 is 0 Å². The zero-order valence-electron chi connectivity index (χ0n) is 19.8. The third kappa shape index (κ3) is 2.93. The van der Waals surface area contributed by atoms with Crippen LogP contribution in [0.2, 0.25) is 0 Å². The van der Waals surface area contributed by atoms with Crippen LogP contribution in [0.4, 0.5) is 5.69 Å². The molecule has 0 saturated carbocycles. The molecule has 2 bridgehead atoms. The molecule has 4 aliphatic rings. The Kier molecular flexibility index (Phi) is 5.12. The maximum absolute atomic E-state index is 13.8. The first kappa shape index (κ1) is 23.3. The van der Waals surface area contributed by atoms with Crippen LogP contribution in [0.15, 0.2) is 66.7 Å². The predicted molar refractivity (Wildman–Crippen MR) is 139 cm³/mol. The maximum atomic E-state index is 13.8. The van der Waals surface area contributed by atoms with E-state index in [4.69, 9.17) is 23.2 Å². The molecule has 2 atom stereocenters. The van der Waals surface area contributed by atoms with Crippen LogP contribution in [0.3, 0.4) is 0 Å². The molecule has 1 N–H and O–H groups in total. The average Bonchev–Trinajstić information content (AvgIpc) is 3.14. The topological polar surface area (TPSA) is 66.5 Å². The zero-order valence-corrected chi connectivity index (χ0v) is 21.4. The quantitative estimate of drug-likeness (QED) is 0.380. The molecule has 5 nitrogen and oxygen atoms in total. The van der Waals surface area contributed by atoms with Crippen molar-refractivity contribution in [2.75, 3.05) is 11.9 Å². The van der Waals surface area contributed by atoms with Crippen LogP contribution in [0.25, 0.3) is 0 Å². The van der Waals surface area contributed by atoms with Crippen molar-refractivity contribution in [1.82, 2.24) is 4.90 Å². The van der Waals surface area contributed by atoms with E-state index in [1.54, 1.807) is 0 Å². The monoisotopic (exact) mass is 518 g/mol. The molecule has 1 saturated heterocycles. The van der Waals surface area contributed by atoms with Gasteiger partial charge in [-0.3, -0.25) is 19.3 Å². The summed E-state index contributed by atoms with van der Waals surface area (Å²) < 4.78 is 0. The summed E-state index contributed by atoms with van der Waals surface area (Å²) >= 11 is 14.8. The Morgan fingerprint density at radius 1 is 0.806 bits per heavy atom. The molecule has 1 fully saturated rings. The maximum Gasteiger partial charge on any atom is 0.235 e. The number of hydrogen-bond acceptors (Lipinski definition) is 3. The minimum atomic E-state index is -1.21. The first-order valence-electron chi connectivity index (χ1n) is 12.0. The van der Waals surface area contributed by atoms with Crippen LogP contribution in [-0.2, 0) is 24.1 Å². The van der Waals surface area contributed by atoms with Crippen molar-refractivity contribution in [1.29, 1.82) is 0 Å². The van der Waals surface area contributed by atoms with Gasteiger partial charge in [0.05, 0.1) is 11.8 Å². The number of hydrogen-bond donors (Lipinski definition) is 1. The van der Waals surface area contributed by atoms with Gasteiger partial charge in [0.25, 0.3) is 0 Å². The lowest BCUT2D eigenvalue weighted by atomic mass is 9.54. The summed E-state index contributed by atoms with van der Waals surface area (Å²) in [6.07, 6.45) is -0.0195. The van der Waals surface area contributed by atoms with E-state index in [-0.39, 0.29) is 30.7 Å². The summed E-state index contributed by atoms with van der Waals surface area (Å²) in [6, 6.07) is 20.7. The van der Waals surface area contributed by atoms with Gasteiger partial charge in [-0.15, -0.1) is 23.2 Å². The highest BCUT2D eigenvalue weighted by atomic mass is 35.5. The number of aryl methyl sites for hydroxylation is 2. The molecular formula is C29H24Cl2N2O3. The lowest BCUT2D eigenvalue weighted by Gasteiger charge is -2.54. The summed E-state index contributed by atoms with van der Waals surface area (Å²) in [5.41, 5.74) is 5.92. The summed E-state index contributed by atoms with van der Waals surface area (Å²) in [5, 5.41) is 2.86. The van der Waals surface area contributed by atoms with Crippen molar-refractivity contribution in [2.45, 2.75) is 30.0 Å². The van der Waals surface area contributed by atoms with E-state index in [1.807, 2.05) is 80.6 Å². The molecule has 1 heterocycles. The van der Waals surface area contributed by atoms with Crippen LogP contribution in [0.1, 0.15) is 39.8 Å². The van der Waals surface area contributed by atoms with Crippen LogP contribution in [-0.4, -0.2) is 29.2 Å². The highest BCUT2D eigenvalue weighted by Gasteiger charge is 2.72. The van der Waals surface area contributed by atoms with E-state index in [9.17, 15) is 14.4 Å². The standard InChI is InChI=1S/C29H24Cl2N2O3/c1-16-11-12-18(15-17(16)2)32-23(34)13-14-33-26(35)24-25(27(33)36)29(31)20-8-4-3-7-19(20)28(24,30)21-9-5-6-10-22(21)29/h3-12,15,24-25H,13-14H2,1-2H3,(H,32,34)/t24-,25+,28?,29?. The van der Waals surface area contributed by atoms with E-state index in [0.29, 0.717) is 5.69 Å². The molecule has 3 aromatic rings. The first-order valence-corrected chi connectivity index (χ1v) is 12.7. The molecule has 1 aliphatic heterocycles. The molecule has 3 aromatic carbocycles. The fraction of sp³-hybridized carbons (Fsp3) is 0.276. The highest BCUT2D eigenvalue weighted by molar-refractivity contribution is 6.36. The van der Waals surface area contributed by atoms with Crippen molar-refractivity contribution in [3.63, 3.8) is 0 Å². The summed E-state index contributed by atoms with van der Waals surface area (Å²) in [5.74, 6) is -2.74. The van der Waals surface area contributed by atoms with E-state index >= 15 is 0 Å². The third-order valence-corrected chi connectivity index (χ3v) is 9.31. The van der Waals surface area contributed by atoms with Gasteiger partial charge in [-0.1, -0.05) is 54.6 Å². The number of imide groups is 1. The molecule has 0 radical (unpaired) electrons. The van der Waals surface area contributed by atoms with Crippen LogP contribution < -0.4 is 5.32 Å². The van der Waals surface area contributed by atoms with E-state index in [2.05, 4.69) is 5.32 Å². The summed E-state index contributed by atoms with van der Waals surface area (Å²) in [7, 11) is 0. The number of halogens is 2. The number of amides is 3. The molecule has 3 amide bonds. The fourth-order valence-corrected chi connectivity index (χ4v) is 7.30. The molecule has 0 spiro atoms. The van der Waals surface area contributed by atoms with Gasteiger partial charge in [0, 0.05) is 18.7 Å². The van der Waals surface area contributed by atoms with Gasteiger partial charge in [0.2, 0.25) is 17.7 Å². The SMILES string of the molecule is Cc1ccc(NC(=O)CCN2C(=O)[C@@H]3[C@H](C2=O)C2(Cl)c4ccccc4C3(Cl)c3ccccc32)cc1C. The number of nitrogens with one attached hydrogen (secondary N) is 1. The van der Waals surface area contributed by atoms with Gasteiger partial charge in [-0.25, -0.2) is 0 Å². The van der Waals surface area contributed by atoms with Crippen molar-refractivity contribution < 1.29 is 14.4 Å². The average molecular weight is 519 g/mol. The Morgan fingerprint density at radius 3 is 1.72 bits per heavy atom. The van der Waals surface area contributed by atoms with Gasteiger partial charge in [0.15, 0.2) is 0 Å². The van der Waals surface area contributed by atoms with E-state index in [1.165, 1.54) is 4.90 Å². The lowest BCUT2D eigenvalue weighted by Crippen LogP contribution is -2.57. The molecule has 36 heavy (non-hydrogen) atoms. The van der Waals surface area contributed by atoms with E-state index < -0.39 is 21.6 Å². The largest absolute Gasteiger partial charge is 0.326 e. The summed E-state index contributed by atoms with van der Waals surface area (Å²) in [4.78, 5) is 39.0. The molecular weight excluding hydrogens is 495 g/mol. The number of alkyl halides is 2. The van der Waals surface area contributed by atoms with Gasteiger partial charge in [-0.05, 0) is 59.4 Å². The van der Waals surface area contributed by atoms with Crippen molar-refractivity contribution in [3.8, 4) is 0 Å². The molecule has 0 unspecified atom stereocenters. The molecule has 7 rings (SSSR count). The van der Waals surface area contributed by atoms with Gasteiger partial charge in [-0.2, -0.15) is 0 Å². The van der Waals surface area contributed by atoms with Crippen LogP contribution in [0, 0.1) is 25.7 Å². The fourth-order valence-electron chi connectivity index (χ4n) is 6.20. The zero-order chi connectivity index (χ0) is 25.4. The molecule has 3 aliphatic carbocycles.